The van der Waals surface area contributed by atoms with Gasteiger partial charge < -0.3 is 5.73 Å². The molecule has 15 heavy (non-hydrogen) atoms. The molecule has 0 radical (unpaired) electrons. The number of hydrogen-bond donors (Lipinski definition) is 1. The normalized spacial score (nSPS) is 12.7. The molecule has 1 nitrogen and oxygen atoms in total. The van der Waals surface area contributed by atoms with Crippen molar-refractivity contribution in [1.29, 1.82) is 0 Å². The maximum atomic E-state index is 6.05. The quantitative estimate of drug-likeness (QED) is 0.733. The van der Waals surface area contributed by atoms with E-state index in [0.29, 0.717) is 0 Å². The van der Waals surface area contributed by atoms with E-state index in [9.17, 15) is 0 Å². The Kier molecular flexibility index (Phi) is 5.74. The summed E-state index contributed by atoms with van der Waals surface area (Å²) >= 11 is 5.82. The lowest BCUT2D eigenvalue weighted by Gasteiger charge is -2.11. The van der Waals surface area contributed by atoms with E-state index in [2.05, 4.69) is 19.1 Å². The summed E-state index contributed by atoms with van der Waals surface area (Å²) in [7, 11) is 0. The molecule has 0 aliphatic heterocycles. The summed E-state index contributed by atoms with van der Waals surface area (Å²) in [5.41, 5.74) is 7.33. The van der Waals surface area contributed by atoms with Crippen molar-refractivity contribution in [2.75, 3.05) is 0 Å². The van der Waals surface area contributed by atoms with E-state index in [0.717, 1.165) is 17.9 Å². The van der Waals surface area contributed by atoms with E-state index in [4.69, 9.17) is 17.3 Å². The van der Waals surface area contributed by atoms with E-state index >= 15 is 0 Å². The second-order valence-corrected chi connectivity index (χ2v) is 4.52. The van der Waals surface area contributed by atoms with Crippen LogP contribution in [0, 0.1) is 0 Å². The molecule has 0 aromatic heterocycles. The minimum Gasteiger partial charge on any atom is -0.327 e. The average Bonchev–Trinajstić information content (AvgIpc) is 2.22. The largest absolute Gasteiger partial charge is 0.327 e. The second-order valence-electron chi connectivity index (χ2n) is 4.09. The number of halogens is 1. The van der Waals surface area contributed by atoms with Gasteiger partial charge in [0.1, 0.15) is 0 Å². The molecule has 2 heteroatoms. The molecule has 0 heterocycles. The van der Waals surface area contributed by atoms with Gasteiger partial charge in [-0.25, -0.2) is 0 Å². The molecule has 1 atom stereocenters. The molecule has 0 saturated carbocycles. The predicted molar refractivity (Wildman–Crippen MR) is 67.3 cm³/mol. The molecule has 0 aliphatic rings. The van der Waals surface area contributed by atoms with Crippen LogP contribution in [0.5, 0.6) is 0 Å². The molecule has 2 N–H and O–H groups in total. The zero-order valence-electron chi connectivity index (χ0n) is 9.38. The van der Waals surface area contributed by atoms with Gasteiger partial charge in [0.05, 0.1) is 0 Å². The van der Waals surface area contributed by atoms with Crippen molar-refractivity contribution in [2.45, 2.75) is 45.1 Å². The lowest BCUT2D eigenvalue weighted by molar-refractivity contribution is 0.557. The molecule has 0 bridgehead atoms. The first-order valence-electron chi connectivity index (χ1n) is 5.72. The first-order chi connectivity index (χ1) is 7.22. The zero-order valence-corrected chi connectivity index (χ0v) is 10.1. The highest BCUT2D eigenvalue weighted by Crippen LogP contribution is 2.12. The van der Waals surface area contributed by atoms with Gasteiger partial charge in [0.15, 0.2) is 0 Å². The van der Waals surface area contributed by atoms with Gasteiger partial charge >= 0.3 is 0 Å². The standard InChI is InChI=1S/C13H20ClN/c1-2-3-4-5-13(15)10-11-6-8-12(14)9-7-11/h6-9,13H,2-5,10,15H2,1H3. The van der Waals surface area contributed by atoms with E-state index < -0.39 is 0 Å². The summed E-state index contributed by atoms with van der Waals surface area (Å²) in [6, 6.07) is 8.26. The van der Waals surface area contributed by atoms with E-state index in [1.165, 1.54) is 24.8 Å². The smallest absolute Gasteiger partial charge is 0.0406 e. The predicted octanol–water partition coefficient (Wildman–Crippen LogP) is 3.79. The van der Waals surface area contributed by atoms with Crippen molar-refractivity contribution < 1.29 is 0 Å². The summed E-state index contributed by atoms with van der Waals surface area (Å²) in [6.45, 7) is 2.21. The first-order valence-corrected chi connectivity index (χ1v) is 6.10. The van der Waals surface area contributed by atoms with E-state index in [1.54, 1.807) is 0 Å². The fourth-order valence-corrected chi connectivity index (χ4v) is 1.81. The third-order valence-electron chi connectivity index (χ3n) is 2.59. The fraction of sp³-hybridized carbons (Fsp3) is 0.538. The van der Waals surface area contributed by atoms with Crippen LogP contribution in [0.4, 0.5) is 0 Å². The van der Waals surface area contributed by atoms with Crippen molar-refractivity contribution in [3.8, 4) is 0 Å². The Hall–Kier alpha value is -0.530. The molecule has 0 spiro atoms. The van der Waals surface area contributed by atoms with Gasteiger partial charge in [0.2, 0.25) is 0 Å². The second kappa shape index (κ2) is 6.86. The number of benzene rings is 1. The van der Waals surface area contributed by atoms with Crippen molar-refractivity contribution in [2.24, 2.45) is 5.73 Å². The van der Waals surface area contributed by atoms with Crippen molar-refractivity contribution in [3.63, 3.8) is 0 Å². The molecule has 1 unspecified atom stereocenters. The Morgan fingerprint density at radius 1 is 1.20 bits per heavy atom. The summed E-state index contributed by atoms with van der Waals surface area (Å²) in [4.78, 5) is 0. The van der Waals surface area contributed by atoms with Gasteiger partial charge in [-0.05, 0) is 30.5 Å². The van der Waals surface area contributed by atoms with Gasteiger partial charge in [-0.3, -0.25) is 0 Å². The van der Waals surface area contributed by atoms with Crippen LogP contribution in [0.2, 0.25) is 5.02 Å². The Bertz CT molecular complexity index is 268. The molecule has 0 aliphatic carbocycles. The molecule has 0 amide bonds. The highest BCUT2D eigenvalue weighted by atomic mass is 35.5. The summed E-state index contributed by atoms with van der Waals surface area (Å²) in [5, 5.41) is 0.790. The van der Waals surface area contributed by atoms with Crippen molar-refractivity contribution in [3.05, 3.63) is 34.9 Å². The summed E-state index contributed by atoms with van der Waals surface area (Å²) < 4.78 is 0. The first kappa shape index (κ1) is 12.5. The summed E-state index contributed by atoms with van der Waals surface area (Å²) in [5.74, 6) is 0. The van der Waals surface area contributed by atoms with Gasteiger partial charge in [-0.2, -0.15) is 0 Å². The van der Waals surface area contributed by atoms with Gasteiger partial charge in [0.25, 0.3) is 0 Å². The Balaban J connectivity index is 2.31. The van der Waals surface area contributed by atoms with Gasteiger partial charge in [0, 0.05) is 11.1 Å². The Morgan fingerprint density at radius 2 is 1.87 bits per heavy atom. The number of rotatable bonds is 6. The monoisotopic (exact) mass is 225 g/mol. The van der Waals surface area contributed by atoms with Crippen LogP contribution >= 0.6 is 11.6 Å². The third kappa shape index (κ3) is 5.19. The van der Waals surface area contributed by atoms with Gasteiger partial charge in [-0.15, -0.1) is 0 Å². The molecule has 1 rings (SSSR count). The van der Waals surface area contributed by atoms with Crippen LogP contribution in [0.1, 0.15) is 38.2 Å². The van der Waals surface area contributed by atoms with E-state index in [1.807, 2.05) is 12.1 Å². The Morgan fingerprint density at radius 3 is 2.47 bits per heavy atom. The van der Waals surface area contributed by atoms with Crippen LogP contribution in [-0.2, 0) is 6.42 Å². The van der Waals surface area contributed by atoms with Crippen LogP contribution in [0.25, 0.3) is 0 Å². The van der Waals surface area contributed by atoms with Crippen LogP contribution in [0.15, 0.2) is 24.3 Å². The maximum absolute atomic E-state index is 6.05. The SMILES string of the molecule is CCCCCC(N)Cc1ccc(Cl)cc1. The molecule has 1 aromatic carbocycles. The molecular weight excluding hydrogens is 206 g/mol. The highest BCUT2D eigenvalue weighted by Gasteiger charge is 2.03. The third-order valence-corrected chi connectivity index (χ3v) is 2.84. The minimum atomic E-state index is 0.290. The Labute approximate surface area is 97.6 Å². The lowest BCUT2D eigenvalue weighted by Crippen LogP contribution is -2.22. The molecule has 84 valence electrons. The van der Waals surface area contributed by atoms with Crippen molar-refractivity contribution in [1.82, 2.24) is 0 Å². The lowest BCUT2D eigenvalue weighted by atomic mass is 10.0. The average molecular weight is 226 g/mol. The fourth-order valence-electron chi connectivity index (χ4n) is 1.68. The number of unbranched alkanes of at least 4 members (excludes halogenated alkanes) is 2. The molecular formula is C13H20ClN. The van der Waals surface area contributed by atoms with Crippen molar-refractivity contribution >= 4 is 11.6 Å². The van der Waals surface area contributed by atoms with Gasteiger partial charge in [-0.1, -0.05) is 49.9 Å². The maximum Gasteiger partial charge on any atom is 0.0406 e. The molecule has 0 fully saturated rings. The highest BCUT2D eigenvalue weighted by molar-refractivity contribution is 6.30. The molecule has 1 aromatic rings. The van der Waals surface area contributed by atoms with E-state index in [-0.39, 0.29) is 6.04 Å². The van der Waals surface area contributed by atoms with Crippen LogP contribution < -0.4 is 5.73 Å². The summed E-state index contributed by atoms with van der Waals surface area (Å²) in [6.07, 6.45) is 5.87. The van der Waals surface area contributed by atoms with Crippen LogP contribution in [-0.4, -0.2) is 6.04 Å². The molecule has 0 saturated heterocycles. The number of hydrogen-bond acceptors (Lipinski definition) is 1. The minimum absolute atomic E-state index is 0.290. The number of nitrogens with two attached hydrogens (primary N) is 1. The zero-order chi connectivity index (χ0) is 11.1. The topological polar surface area (TPSA) is 26.0 Å². The van der Waals surface area contributed by atoms with Crippen LogP contribution in [0.3, 0.4) is 0 Å².